The predicted molar refractivity (Wildman–Crippen MR) is 109 cm³/mol. The van der Waals surface area contributed by atoms with Crippen LogP contribution in [0.2, 0.25) is 0 Å². The molecule has 0 saturated carbocycles. The highest BCUT2D eigenvalue weighted by atomic mass is 32.1. The molecule has 5 nitrogen and oxygen atoms in total. The lowest BCUT2D eigenvalue weighted by Gasteiger charge is -2.22. The molecule has 2 rings (SSSR count). The molecule has 26 heavy (non-hydrogen) atoms. The summed E-state index contributed by atoms with van der Waals surface area (Å²) in [5.74, 6) is 0.593. The Hall–Kier alpha value is -0.980. The maximum atomic E-state index is 9.68. The van der Waals surface area contributed by atoms with Crippen molar-refractivity contribution in [2.45, 2.75) is 77.2 Å². The van der Waals surface area contributed by atoms with Crippen molar-refractivity contribution in [2.24, 2.45) is 0 Å². The van der Waals surface area contributed by atoms with Crippen LogP contribution in [0.4, 0.5) is 0 Å². The lowest BCUT2D eigenvalue weighted by molar-refractivity contribution is 0.102. The average molecular weight is 382 g/mol. The number of hydrogen-bond donors (Lipinski definition) is 1. The van der Waals surface area contributed by atoms with Crippen molar-refractivity contribution < 1.29 is 9.84 Å². The molecule has 0 bridgehead atoms. The van der Waals surface area contributed by atoms with Gasteiger partial charge in [0.1, 0.15) is 11.8 Å². The summed E-state index contributed by atoms with van der Waals surface area (Å²) in [6, 6.07) is 0. The van der Waals surface area contributed by atoms with Crippen LogP contribution in [0.25, 0.3) is 5.57 Å². The molecule has 0 spiro atoms. The van der Waals surface area contributed by atoms with Gasteiger partial charge in [-0.15, -0.1) is 4.37 Å². The molecule has 0 aliphatic carbocycles. The normalized spacial score (nSPS) is 16.5. The largest absolute Gasteiger partial charge is 0.470 e. The van der Waals surface area contributed by atoms with Crippen molar-refractivity contribution in [2.75, 3.05) is 26.7 Å². The Labute approximate surface area is 162 Å². The number of aliphatic hydroxyl groups excluding tert-OH is 1. The van der Waals surface area contributed by atoms with Gasteiger partial charge in [-0.1, -0.05) is 57.9 Å². The van der Waals surface area contributed by atoms with E-state index >= 15 is 0 Å². The van der Waals surface area contributed by atoms with Crippen LogP contribution >= 0.6 is 11.7 Å². The molecular formula is C20H35N3O2S. The summed E-state index contributed by atoms with van der Waals surface area (Å²) >= 11 is 1.19. The minimum Gasteiger partial charge on any atom is -0.470 e. The summed E-state index contributed by atoms with van der Waals surface area (Å²) < 4.78 is 14.8. The Kier molecular flexibility index (Phi) is 10.2. The zero-order chi connectivity index (χ0) is 18.6. The SMILES string of the molecule is CCCCCCCCCCC(CO)Oc1nsnc1C1=CCCN(C)C1. The molecule has 1 aromatic heterocycles. The van der Waals surface area contributed by atoms with E-state index in [4.69, 9.17) is 4.74 Å². The second kappa shape index (κ2) is 12.4. The number of hydrogen-bond acceptors (Lipinski definition) is 6. The Bertz CT molecular complexity index is 533. The fourth-order valence-electron chi connectivity index (χ4n) is 3.37. The van der Waals surface area contributed by atoms with E-state index in [1.807, 2.05) is 0 Å². The maximum absolute atomic E-state index is 9.68. The van der Waals surface area contributed by atoms with Gasteiger partial charge in [-0.05, 0) is 31.9 Å². The Morgan fingerprint density at radius 2 is 1.88 bits per heavy atom. The Balaban J connectivity index is 1.73. The van der Waals surface area contributed by atoms with Gasteiger partial charge in [0, 0.05) is 13.1 Å². The van der Waals surface area contributed by atoms with E-state index in [1.165, 1.54) is 62.2 Å². The van der Waals surface area contributed by atoms with E-state index in [1.54, 1.807) is 0 Å². The molecule has 2 heterocycles. The smallest absolute Gasteiger partial charge is 0.254 e. The first-order valence-electron chi connectivity index (χ1n) is 10.2. The monoisotopic (exact) mass is 381 g/mol. The van der Waals surface area contributed by atoms with Crippen LogP contribution in [-0.2, 0) is 0 Å². The number of nitrogens with zero attached hydrogens (tertiary/aromatic N) is 3. The first kappa shape index (κ1) is 21.3. The van der Waals surface area contributed by atoms with Gasteiger partial charge in [-0.3, -0.25) is 0 Å². The average Bonchev–Trinajstić information content (AvgIpc) is 3.11. The molecule has 1 aliphatic heterocycles. The highest BCUT2D eigenvalue weighted by Gasteiger charge is 2.21. The molecule has 0 fully saturated rings. The molecule has 1 unspecified atom stereocenters. The number of unbranched alkanes of at least 4 members (excludes halogenated alkanes) is 7. The van der Waals surface area contributed by atoms with Crippen LogP contribution in [0.5, 0.6) is 5.88 Å². The van der Waals surface area contributed by atoms with Crippen LogP contribution in [-0.4, -0.2) is 51.6 Å². The van der Waals surface area contributed by atoms with Gasteiger partial charge in [0.25, 0.3) is 5.88 Å². The van der Waals surface area contributed by atoms with E-state index in [0.717, 1.165) is 38.0 Å². The standard InChI is InChI=1S/C20H35N3O2S/c1-3-4-5-6-7-8-9-10-13-18(16-24)25-20-19(21-26-22-20)17-12-11-14-23(2)15-17/h12,18,24H,3-11,13-16H2,1-2H3. The Morgan fingerprint density at radius 3 is 2.58 bits per heavy atom. The number of likely N-dealkylation sites (N-methyl/N-ethyl adjacent to an activating group) is 1. The fraction of sp³-hybridized carbons (Fsp3) is 0.800. The number of aliphatic hydroxyl groups is 1. The van der Waals surface area contributed by atoms with E-state index in [2.05, 4.69) is 33.7 Å². The number of ether oxygens (including phenoxy) is 1. The molecule has 148 valence electrons. The van der Waals surface area contributed by atoms with Gasteiger partial charge < -0.3 is 14.7 Å². The van der Waals surface area contributed by atoms with E-state index in [0.29, 0.717) is 5.88 Å². The lowest BCUT2D eigenvalue weighted by atomic mass is 10.1. The summed E-state index contributed by atoms with van der Waals surface area (Å²) in [6.45, 7) is 4.24. The summed E-state index contributed by atoms with van der Waals surface area (Å²) in [5, 5.41) is 9.68. The van der Waals surface area contributed by atoms with E-state index < -0.39 is 0 Å². The first-order valence-corrected chi connectivity index (χ1v) is 11.0. The third-order valence-electron chi connectivity index (χ3n) is 4.97. The van der Waals surface area contributed by atoms with Crippen LogP contribution in [0, 0.1) is 0 Å². The first-order chi connectivity index (χ1) is 12.7. The maximum Gasteiger partial charge on any atom is 0.254 e. The number of aromatic nitrogens is 2. The lowest BCUT2D eigenvalue weighted by Crippen LogP contribution is -2.26. The van der Waals surface area contributed by atoms with E-state index in [-0.39, 0.29) is 12.7 Å². The van der Waals surface area contributed by atoms with Crippen LogP contribution in [0.1, 0.15) is 76.8 Å². The van der Waals surface area contributed by atoms with Gasteiger partial charge in [0.15, 0.2) is 0 Å². The quantitative estimate of drug-likeness (QED) is 0.509. The van der Waals surface area contributed by atoms with E-state index in [9.17, 15) is 5.11 Å². The number of rotatable bonds is 13. The van der Waals surface area contributed by atoms with Crippen LogP contribution < -0.4 is 4.74 Å². The van der Waals surface area contributed by atoms with Crippen LogP contribution in [0.15, 0.2) is 6.08 Å². The predicted octanol–water partition coefficient (Wildman–Crippen LogP) is 4.53. The molecule has 0 saturated heterocycles. The van der Waals surface area contributed by atoms with Crippen molar-refractivity contribution >= 4 is 17.3 Å². The second-order valence-corrected chi connectivity index (χ2v) is 7.89. The van der Waals surface area contributed by atoms with Gasteiger partial charge in [-0.25, -0.2) is 0 Å². The highest BCUT2D eigenvalue weighted by molar-refractivity contribution is 6.99. The molecule has 1 aromatic rings. The zero-order valence-corrected chi connectivity index (χ0v) is 17.3. The third kappa shape index (κ3) is 7.33. The van der Waals surface area contributed by atoms with Crippen molar-refractivity contribution in [1.82, 2.24) is 13.6 Å². The fourth-order valence-corrected chi connectivity index (χ4v) is 3.89. The molecule has 0 aromatic carbocycles. The molecule has 0 amide bonds. The molecular weight excluding hydrogens is 346 g/mol. The summed E-state index contributed by atoms with van der Waals surface area (Å²) in [4.78, 5) is 2.28. The minimum absolute atomic E-state index is 0.0341. The summed E-state index contributed by atoms with van der Waals surface area (Å²) in [5.41, 5.74) is 2.04. The highest BCUT2D eigenvalue weighted by Crippen LogP contribution is 2.28. The molecule has 6 heteroatoms. The summed E-state index contributed by atoms with van der Waals surface area (Å²) in [6.07, 6.45) is 14.3. The molecule has 1 N–H and O–H groups in total. The van der Waals surface area contributed by atoms with Gasteiger partial charge in [0.2, 0.25) is 0 Å². The van der Waals surface area contributed by atoms with Crippen molar-refractivity contribution in [3.8, 4) is 5.88 Å². The van der Waals surface area contributed by atoms with Gasteiger partial charge >= 0.3 is 0 Å². The zero-order valence-electron chi connectivity index (χ0n) is 16.5. The topological polar surface area (TPSA) is 58.5 Å². The van der Waals surface area contributed by atoms with Crippen molar-refractivity contribution in [3.05, 3.63) is 11.8 Å². The molecule has 0 radical (unpaired) electrons. The third-order valence-corrected chi connectivity index (χ3v) is 5.48. The molecule has 1 atom stereocenters. The van der Waals surface area contributed by atoms with Gasteiger partial charge in [0.05, 0.1) is 18.3 Å². The van der Waals surface area contributed by atoms with Gasteiger partial charge in [-0.2, -0.15) is 4.37 Å². The van der Waals surface area contributed by atoms with Crippen LogP contribution in [0.3, 0.4) is 0 Å². The van der Waals surface area contributed by atoms with Crippen molar-refractivity contribution in [3.63, 3.8) is 0 Å². The molecule has 1 aliphatic rings. The minimum atomic E-state index is -0.181. The second-order valence-electron chi connectivity index (χ2n) is 7.36. The summed E-state index contributed by atoms with van der Waals surface area (Å²) in [7, 11) is 2.12. The van der Waals surface area contributed by atoms with Crippen molar-refractivity contribution in [1.29, 1.82) is 0 Å². The Morgan fingerprint density at radius 1 is 1.15 bits per heavy atom.